The predicted octanol–water partition coefficient (Wildman–Crippen LogP) is 0.770. The number of nitrogen functional groups attached to an aromatic ring is 1. The Hall–Kier alpha value is -1.29. The summed E-state index contributed by atoms with van der Waals surface area (Å²) in [6, 6.07) is 3.94. The minimum atomic E-state index is -0.383. The lowest BCUT2D eigenvalue weighted by molar-refractivity contribution is 0.326. The molecule has 4 heteroatoms. The van der Waals surface area contributed by atoms with Gasteiger partial charge in [0.25, 0.3) is 0 Å². The molecule has 11 heavy (non-hydrogen) atoms. The fraction of sp³-hybridized carbons (Fsp3) is 0.143. The Morgan fingerprint density at radius 3 is 2.82 bits per heavy atom. The molecule has 0 bridgehead atoms. The molecule has 4 N–H and O–H groups in total. The zero-order valence-electron chi connectivity index (χ0n) is 5.84. The molecule has 0 radical (unpaired) electrons. The molecule has 1 rings (SSSR count). The highest BCUT2D eigenvalue weighted by atomic mass is 19.1. The standard InChI is InChI=1S/C7H9FN2O/c8-5-1-2-7(10-4-11)6(9)3-5/h1-3,10-11H,4,9H2. The summed E-state index contributed by atoms with van der Waals surface area (Å²) in [5.41, 5.74) is 6.22. The molecule has 0 aromatic heterocycles. The van der Waals surface area contributed by atoms with E-state index in [1.165, 1.54) is 18.2 Å². The summed E-state index contributed by atoms with van der Waals surface area (Å²) in [5.74, 6) is -0.383. The first-order valence-electron chi connectivity index (χ1n) is 3.14. The molecule has 0 saturated carbocycles. The Morgan fingerprint density at radius 1 is 1.55 bits per heavy atom. The lowest BCUT2D eigenvalue weighted by Gasteiger charge is -2.05. The van der Waals surface area contributed by atoms with Crippen molar-refractivity contribution in [2.75, 3.05) is 17.8 Å². The molecule has 0 aliphatic heterocycles. The molecule has 0 amide bonds. The van der Waals surface area contributed by atoms with Crippen LogP contribution in [0.5, 0.6) is 0 Å². The number of hydrogen-bond donors (Lipinski definition) is 3. The number of nitrogens with one attached hydrogen (secondary N) is 1. The lowest BCUT2D eigenvalue weighted by atomic mass is 10.2. The van der Waals surface area contributed by atoms with Crippen molar-refractivity contribution < 1.29 is 9.50 Å². The van der Waals surface area contributed by atoms with E-state index < -0.39 is 0 Å². The summed E-state index contributed by atoms with van der Waals surface area (Å²) in [6.45, 7) is -0.212. The van der Waals surface area contributed by atoms with Crippen molar-refractivity contribution in [2.45, 2.75) is 0 Å². The summed E-state index contributed by atoms with van der Waals surface area (Å²) >= 11 is 0. The van der Waals surface area contributed by atoms with E-state index >= 15 is 0 Å². The van der Waals surface area contributed by atoms with Crippen LogP contribution >= 0.6 is 0 Å². The van der Waals surface area contributed by atoms with E-state index in [1.54, 1.807) is 0 Å². The van der Waals surface area contributed by atoms with Crippen LogP contribution in [0.4, 0.5) is 15.8 Å². The molecule has 0 spiro atoms. The number of halogens is 1. The van der Waals surface area contributed by atoms with Crippen LogP contribution in [0.15, 0.2) is 18.2 Å². The fourth-order valence-corrected chi connectivity index (χ4v) is 0.780. The second kappa shape index (κ2) is 3.21. The molecule has 0 unspecified atom stereocenters. The maximum atomic E-state index is 12.4. The van der Waals surface area contributed by atoms with Crippen LogP contribution in [0.1, 0.15) is 0 Å². The first-order chi connectivity index (χ1) is 5.24. The molecule has 60 valence electrons. The maximum Gasteiger partial charge on any atom is 0.125 e. The second-order valence-electron chi connectivity index (χ2n) is 2.07. The highest BCUT2D eigenvalue weighted by molar-refractivity contribution is 5.65. The van der Waals surface area contributed by atoms with Gasteiger partial charge in [0, 0.05) is 0 Å². The highest BCUT2D eigenvalue weighted by Crippen LogP contribution is 2.17. The summed E-state index contributed by atoms with van der Waals surface area (Å²) < 4.78 is 12.4. The molecular formula is C7H9FN2O. The SMILES string of the molecule is Nc1cc(F)ccc1NCO. The zero-order valence-corrected chi connectivity index (χ0v) is 5.84. The molecule has 0 heterocycles. The van der Waals surface area contributed by atoms with Crippen molar-refractivity contribution in [3.8, 4) is 0 Å². The number of rotatable bonds is 2. The Balaban J connectivity index is 2.90. The summed E-state index contributed by atoms with van der Waals surface area (Å²) in [5, 5.41) is 11.0. The second-order valence-corrected chi connectivity index (χ2v) is 2.07. The van der Waals surface area contributed by atoms with Crippen molar-refractivity contribution in [1.29, 1.82) is 0 Å². The van der Waals surface area contributed by atoms with E-state index in [0.29, 0.717) is 11.4 Å². The van der Waals surface area contributed by atoms with Crippen molar-refractivity contribution >= 4 is 11.4 Å². The Bertz CT molecular complexity index is 252. The van der Waals surface area contributed by atoms with Gasteiger partial charge in [-0.15, -0.1) is 0 Å². The quantitative estimate of drug-likeness (QED) is 0.438. The molecule has 1 aromatic carbocycles. The van der Waals surface area contributed by atoms with Crippen molar-refractivity contribution in [1.82, 2.24) is 0 Å². The summed E-state index contributed by atoms with van der Waals surface area (Å²) in [6.07, 6.45) is 0. The van der Waals surface area contributed by atoms with Gasteiger partial charge >= 0.3 is 0 Å². The molecule has 0 aliphatic rings. The molecule has 0 saturated heterocycles. The number of nitrogens with two attached hydrogens (primary N) is 1. The summed E-state index contributed by atoms with van der Waals surface area (Å²) in [7, 11) is 0. The lowest BCUT2D eigenvalue weighted by Crippen LogP contribution is -2.02. The van der Waals surface area contributed by atoms with Crippen LogP contribution in [0, 0.1) is 5.82 Å². The molecule has 1 aromatic rings. The number of anilines is 2. The summed E-state index contributed by atoms with van der Waals surface area (Å²) in [4.78, 5) is 0. The van der Waals surface area contributed by atoms with Crippen molar-refractivity contribution in [3.05, 3.63) is 24.0 Å². The van der Waals surface area contributed by atoms with E-state index in [0.717, 1.165) is 0 Å². The van der Waals surface area contributed by atoms with Gasteiger partial charge in [0.1, 0.15) is 12.5 Å². The van der Waals surface area contributed by atoms with E-state index in [-0.39, 0.29) is 12.5 Å². The topological polar surface area (TPSA) is 58.3 Å². The normalized spacial score (nSPS) is 9.64. The van der Waals surface area contributed by atoms with Gasteiger partial charge in [0.2, 0.25) is 0 Å². The predicted molar refractivity (Wildman–Crippen MR) is 41.5 cm³/mol. The first-order valence-corrected chi connectivity index (χ1v) is 3.14. The van der Waals surface area contributed by atoms with E-state index in [9.17, 15) is 4.39 Å². The van der Waals surface area contributed by atoms with Crippen LogP contribution in [0.2, 0.25) is 0 Å². The van der Waals surface area contributed by atoms with Crippen LogP contribution in [0.25, 0.3) is 0 Å². The number of hydrogen-bond acceptors (Lipinski definition) is 3. The van der Waals surface area contributed by atoms with Gasteiger partial charge in [0.05, 0.1) is 11.4 Å². The monoisotopic (exact) mass is 156 g/mol. The average molecular weight is 156 g/mol. The Labute approximate surface area is 63.6 Å². The molecular weight excluding hydrogens is 147 g/mol. The Kier molecular flexibility index (Phi) is 2.28. The number of aliphatic hydroxyl groups is 1. The largest absolute Gasteiger partial charge is 0.397 e. The molecule has 0 aliphatic carbocycles. The minimum Gasteiger partial charge on any atom is -0.397 e. The van der Waals surface area contributed by atoms with Crippen LogP contribution in [-0.2, 0) is 0 Å². The third-order valence-corrected chi connectivity index (χ3v) is 1.28. The van der Waals surface area contributed by atoms with Crippen LogP contribution in [-0.4, -0.2) is 11.8 Å². The third-order valence-electron chi connectivity index (χ3n) is 1.28. The van der Waals surface area contributed by atoms with Gasteiger partial charge in [-0.2, -0.15) is 0 Å². The Morgan fingerprint density at radius 2 is 2.27 bits per heavy atom. The van der Waals surface area contributed by atoms with Crippen molar-refractivity contribution in [3.63, 3.8) is 0 Å². The van der Waals surface area contributed by atoms with Gasteiger partial charge in [-0.3, -0.25) is 0 Å². The van der Waals surface area contributed by atoms with E-state index in [1.807, 2.05) is 0 Å². The van der Waals surface area contributed by atoms with Gasteiger partial charge in [-0.1, -0.05) is 0 Å². The highest BCUT2D eigenvalue weighted by Gasteiger charge is 1.97. The van der Waals surface area contributed by atoms with E-state index in [4.69, 9.17) is 10.8 Å². The van der Waals surface area contributed by atoms with Gasteiger partial charge in [-0.25, -0.2) is 4.39 Å². The first kappa shape index (κ1) is 7.81. The molecule has 3 nitrogen and oxygen atoms in total. The number of aliphatic hydroxyl groups excluding tert-OH is 1. The van der Waals surface area contributed by atoms with E-state index in [2.05, 4.69) is 5.32 Å². The smallest absolute Gasteiger partial charge is 0.125 e. The average Bonchev–Trinajstić information content (AvgIpc) is 1.95. The van der Waals surface area contributed by atoms with Gasteiger partial charge in [-0.05, 0) is 18.2 Å². The maximum absolute atomic E-state index is 12.4. The minimum absolute atomic E-state index is 0.212. The molecule has 0 fully saturated rings. The number of benzene rings is 1. The van der Waals surface area contributed by atoms with Crippen LogP contribution < -0.4 is 11.1 Å². The fourth-order valence-electron chi connectivity index (χ4n) is 0.780. The zero-order chi connectivity index (χ0) is 8.27. The van der Waals surface area contributed by atoms with Gasteiger partial charge < -0.3 is 16.2 Å². The van der Waals surface area contributed by atoms with Gasteiger partial charge in [0.15, 0.2) is 0 Å². The third kappa shape index (κ3) is 1.81. The molecule has 0 atom stereocenters. The van der Waals surface area contributed by atoms with Crippen molar-refractivity contribution in [2.24, 2.45) is 0 Å². The van der Waals surface area contributed by atoms with Crippen LogP contribution in [0.3, 0.4) is 0 Å².